The minimum atomic E-state index is -5.96. The average Bonchev–Trinajstić information content (AvgIpc) is 2.25. The highest BCUT2D eigenvalue weighted by molar-refractivity contribution is 7.88. The van der Waals surface area contributed by atoms with Gasteiger partial charge in [-0.25, -0.2) is 8.42 Å². The lowest BCUT2D eigenvalue weighted by atomic mass is 10.2. The molecule has 0 aromatic heterocycles. The van der Waals surface area contributed by atoms with Gasteiger partial charge in [0.05, 0.1) is 6.26 Å². The Morgan fingerprint density at radius 2 is 1.42 bits per heavy atom. The SMILES string of the molecule is CS(=O)(=O)N1CCN(C(=O)C(F)(F)C(F)(F)F)CC1. The van der Waals surface area contributed by atoms with Crippen LogP contribution in [0.2, 0.25) is 0 Å². The third-order valence-electron chi connectivity index (χ3n) is 2.62. The van der Waals surface area contributed by atoms with Crippen molar-refractivity contribution < 1.29 is 35.2 Å². The molecule has 11 heteroatoms. The van der Waals surface area contributed by atoms with Crippen LogP contribution in [-0.2, 0) is 14.8 Å². The van der Waals surface area contributed by atoms with E-state index >= 15 is 0 Å². The summed E-state index contributed by atoms with van der Waals surface area (Å²) in [5.74, 6) is -7.81. The Morgan fingerprint density at radius 1 is 1.00 bits per heavy atom. The molecule has 1 amide bonds. The number of hydrogen-bond acceptors (Lipinski definition) is 3. The molecular weight excluding hydrogens is 299 g/mol. The third-order valence-corrected chi connectivity index (χ3v) is 3.92. The number of rotatable bonds is 2. The van der Waals surface area contributed by atoms with E-state index < -0.39 is 41.1 Å². The minimum Gasteiger partial charge on any atom is -0.335 e. The first kappa shape index (κ1) is 16.1. The number of piperazine rings is 1. The molecule has 0 aliphatic carbocycles. The van der Waals surface area contributed by atoms with Crippen LogP contribution in [0.25, 0.3) is 0 Å². The molecule has 0 aromatic carbocycles. The fourth-order valence-electron chi connectivity index (χ4n) is 1.54. The molecule has 0 radical (unpaired) electrons. The van der Waals surface area contributed by atoms with Crippen molar-refractivity contribution in [2.75, 3.05) is 32.4 Å². The Labute approximate surface area is 106 Å². The van der Waals surface area contributed by atoms with E-state index in [1.807, 2.05) is 0 Å². The molecule has 1 aliphatic rings. The molecule has 1 fully saturated rings. The highest BCUT2D eigenvalue weighted by Crippen LogP contribution is 2.37. The number of carbonyl (C=O) groups excluding carboxylic acids is 1. The van der Waals surface area contributed by atoms with Crippen molar-refractivity contribution in [3.8, 4) is 0 Å². The molecule has 0 unspecified atom stereocenters. The molecule has 1 rings (SSSR count). The van der Waals surface area contributed by atoms with Gasteiger partial charge < -0.3 is 4.90 Å². The van der Waals surface area contributed by atoms with Gasteiger partial charge in [0.15, 0.2) is 0 Å². The van der Waals surface area contributed by atoms with Crippen molar-refractivity contribution in [3.05, 3.63) is 0 Å². The zero-order valence-electron chi connectivity index (χ0n) is 9.75. The fraction of sp³-hybridized carbons (Fsp3) is 0.875. The Bertz CT molecular complexity index is 453. The number of nitrogens with zero attached hydrogens (tertiary/aromatic N) is 2. The Hall–Kier alpha value is -0.970. The molecule has 1 heterocycles. The number of amides is 1. The van der Waals surface area contributed by atoms with Crippen LogP contribution in [0.5, 0.6) is 0 Å². The van der Waals surface area contributed by atoms with Crippen LogP contribution >= 0.6 is 0 Å². The predicted octanol–water partition coefficient (Wildman–Crippen LogP) is 0.288. The van der Waals surface area contributed by atoms with Crippen LogP contribution in [-0.4, -0.2) is 68.1 Å². The van der Waals surface area contributed by atoms with Gasteiger partial charge in [0, 0.05) is 26.2 Å². The quantitative estimate of drug-likeness (QED) is 0.689. The lowest BCUT2D eigenvalue weighted by molar-refractivity contribution is -0.274. The van der Waals surface area contributed by atoms with Gasteiger partial charge in [-0.05, 0) is 0 Å². The summed E-state index contributed by atoms with van der Waals surface area (Å²) in [6.45, 7) is -1.62. The first-order chi connectivity index (χ1) is 8.37. The van der Waals surface area contributed by atoms with Gasteiger partial charge in [0.1, 0.15) is 0 Å². The molecule has 0 saturated carbocycles. The van der Waals surface area contributed by atoms with Crippen molar-refractivity contribution in [2.45, 2.75) is 12.1 Å². The lowest BCUT2D eigenvalue weighted by Gasteiger charge is -2.35. The lowest BCUT2D eigenvalue weighted by Crippen LogP contribution is -2.57. The van der Waals surface area contributed by atoms with Crippen LogP contribution in [0.15, 0.2) is 0 Å². The molecule has 0 N–H and O–H groups in total. The maximum absolute atomic E-state index is 12.8. The topological polar surface area (TPSA) is 57.7 Å². The van der Waals surface area contributed by atoms with Gasteiger partial charge in [0.25, 0.3) is 0 Å². The van der Waals surface area contributed by atoms with E-state index in [0.29, 0.717) is 4.90 Å². The van der Waals surface area contributed by atoms with Crippen molar-refractivity contribution in [1.29, 1.82) is 0 Å². The van der Waals surface area contributed by atoms with E-state index in [1.54, 1.807) is 0 Å². The predicted molar refractivity (Wildman–Crippen MR) is 54.0 cm³/mol. The Kier molecular flexibility index (Phi) is 4.11. The van der Waals surface area contributed by atoms with Gasteiger partial charge >= 0.3 is 18.0 Å². The molecule has 0 atom stereocenters. The smallest absolute Gasteiger partial charge is 0.335 e. The Morgan fingerprint density at radius 3 is 1.74 bits per heavy atom. The zero-order valence-corrected chi connectivity index (χ0v) is 10.6. The van der Waals surface area contributed by atoms with Crippen LogP contribution in [0.4, 0.5) is 22.0 Å². The first-order valence-electron chi connectivity index (χ1n) is 5.06. The number of halogens is 5. The van der Waals surface area contributed by atoms with Gasteiger partial charge in [-0.2, -0.15) is 26.3 Å². The molecule has 0 aromatic rings. The third kappa shape index (κ3) is 3.32. The van der Waals surface area contributed by atoms with Gasteiger partial charge in [-0.3, -0.25) is 4.79 Å². The van der Waals surface area contributed by atoms with E-state index in [-0.39, 0.29) is 13.1 Å². The maximum Gasteiger partial charge on any atom is 0.463 e. The Balaban J connectivity index is 2.74. The summed E-state index contributed by atoms with van der Waals surface area (Å²) >= 11 is 0. The molecule has 1 aliphatic heterocycles. The average molecular weight is 310 g/mol. The summed E-state index contributed by atoms with van der Waals surface area (Å²) in [5, 5.41) is 0. The van der Waals surface area contributed by atoms with E-state index in [0.717, 1.165) is 10.6 Å². The van der Waals surface area contributed by atoms with Crippen LogP contribution in [0, 0.1) is 0 Å². The summed E-state index contributed by atoms with van der Waals surface area (Å²) in [5.41, 5.74) is 0. The molecule has 0 spiro atoms. The highest BCUT2D eigenvalue weighted by Gasteiger charge is 2.64. The summed E-state index contributed by atoms with van der Waals surface area (Å²) in [7, 11) is -3.55. The van der Waals surface area contributed by atoms with E-state index in [2.05, 4.69) is 0 Å². The number of sulfonamides is 1. The normalized spacial score (nSPS) is 19.6. The van der Waals surface area contributed by atoms with Gasteiger partial charge in [-0.15, -0.1) is 0 Å². The van der Waals surface area contributed by atoms with Crippen LogP contribution < -0.4 is 0 Å². The van der Waals surface area contributed by atoms with E-state index in [1.165, 1.54) is 0 Å². The van der Waals surface area contributed by atoms with E-state index in [9.17, 15) is 35.2 Å². The minimum absolute atomic E-state index is 0.307. The fourth-order valence-corrected chi connectivity index (χ4v) is 2.37. The molecule has 19 heavy (non-hydrogen) atoms. The van der Waals surface area contributed by atoms with Crippen molar-refractivity contribution in [2.24, 2.45) is 0 Å². The largest absolute Gasteiger partial charge is 0.463 e. The van der Waals surface area contributed by atoms with Crippen LogP contribution in [0.3, 0.4) is 0 Å². The summed E-state index contributed by atoms with van der Waals surface area (Å²) < 4.78 is 84.7. The summed E-state index contributed by atoms with van der Waals surface area (Å²) in [6.07, 6.45) is -5.08. The zero-order chi connectivity index (χ0) is 15.1. The maximum atomic E-state index is 12.8. The number of hydrogen-bond donors (Lipinski definition) is 0. The number of carbonyl (C=O) groups is 1. The van der Waals surface area contributed by atoms with Gasteiger partial charge in [-0.1, -0.05) is 0 Å². The summed E-state index contributed by atoms with van der Waals surface area (Å²) in [6, 6.07) is 0. The van der Waals surface area contributed by atoms with Crippen molar-refractivity contribution in [1.82, 2.24) is 9.21 Å². The van der Waals surface area contributed by atoms with Crippen LogP contribution in [0.1, 0.15) is 0 Å². The second kappa shape index (κ2) is 4.85. The van der Waals surface area contributed by atoms with Crippen molar-refractivity contribution >= 4 is 15.9 Å². The summed E-state index contributed by atoms with van der Waals surface area (Å²) in [4.78, 5) is 11.4. The molecule has 1 saturated heterocycles. The first-order valence-corrected chi connectivity index (χ1v) is 6.91. The molecule has 0 bridgehead atoms. The molecular formula is C8H11F5N2O3S. The second-order valence-corrected chi connectivity index (χ2v) is 6.01. The molecule has 5 nitrogen and oxygen atoms in total. The molecule has 112 valence electrons. The van der Waals surface area contributed by atoms with Crippen molar-refractivity contribution in [3.63, 3.8) is 0 Å². The standard InChI is InChI=1S/C8H11F5N2O3S/c1-19(17,18)15-4-2-14(3-5-15)6(16)7(9,10)8(11,12)13/h2-5H2,1H3. The second-order valence-electron chi connectivity index (χ2n) is 4.03. The van der Waals surface area contributed by atoms with Gasteiger partial charge in [0.2, 0.25) is 10.0 Å². The van der Waals surface area contributed by atoms with E-state index in [4.69, 9.17) is 0 Å². The highest BCUT2D eigenvalue weighted by atomic mass is 32.2. The monoisotopic (exact) mass is 310 g/mol. The number of alkyl halides is 5.